The third kappa shape index (κ3) is 7.83. The van der Waals surface area contributed by atoms with E-state index >= 15 is 0 Å². The summed E-state index contributed by atoms with van der Waals surface area (Å²) in [5.41, 5.74) is 18.8. The molecule has 1 aliphatic rings. The molecule has 9 heteroatoms. The first-order valence-corrected chi connectivity index (χ1v) is 18.2. The fourth-order valence-electron chi connectivity index (χ4n) is 6.36. The predicted octanol–water partition coefficient (Wildman–Crippen LogP) is 10.9. The number of nitrogens with zero attached hydrogens (tertiary/aromatic N) is 2. The molecule has 262 valence electrons. The number of carbonyl (C=O) groups is 2. The van der Waals surface area contributed by atoms with Crippen molar-refractivity contribution in [1.29, 1.82) is 0 Å². The lowest BCUT2D eigenvalue weighted by Gasteiger charge is -2.16. The fourth-order valence-corrected chi connectivity index (χ4v) is 7.18. The molecule has 0 radical (unpaired) electrons. The molecule has 0 spiro atoms. The van der Waals surface area contributed by atoms with E-state index in [1.807, 2.05) is 66.9 Å². The van der Waals surface area contributed by atoms with Crippen LogP contribution in [0.25, 0.3) is 55.0 Å². The molecule has 0 bridgehead atoms. The van der Waals surface area contributed by atoms with Crippen molar-refractivity contribution in [3.8, 4) is 22.4 Å². The molecule has 1 aromatic heterocycles. The summed E-state index contributed by atoms with van der Waals surface area (Å²) in [5.74, 6) is -0.816. The van der Waals surface area contributed by atoms with Crippen LogP contribution in [-0.2, 0) is 0 Å². The van der Waals surface area contributed by atoms with E-state index in [1.165, 1.54) is 10.8 Å². The average Bonchev–Trinajstić information content (AvgIpc) is 3.20. The summed E-state index contributed by atoms with van der Waals surface area (Å²) in [7, 11) is 0. The van der Waals surface area contributed by atoms with Gasteiger partial charge in [-0.2, -0.15) is 0 Å². The molecule has 1 heterocycles. The summed E-state index contributed by atoms with van der Waals surface area (Å²) in [4.78, 5) is 33.4. The van der Waals surface area contributed by atoms with Crippen molar-refractivity contribution < 1.29 is 9.59 Å². The van der Waals surface area contributed by atoms with Crippen LogP contribution >= 0.6 is 44.3 Å². The molecule has 8 aromatic rings. The monoisotopic (exact) mass is 842 g/mol. The van der Waals surface area contributed by atoms with Gasteiger partial charge in [0.2, 0.25) is 11.6 Å². The molecule has 1 atom stereocenters. The molecular weight excluding hydrogens is 812 g/mol. The van der Waals surface area contributed by atoms with Crippen LogP contribution in [0.4, 0.5) is 0 Å². The highest BCUT2D eigenvalue weighted by Gasteiger charge is 2.29. The average molecular weight is 845 g/mol. The third-order valence-electron chi connectivity index (χ3n) is 8.92. The summed E-state index contributed by atoms with van der Waals surface area (Å²) in [6.07, 6.45) is 1.87. The summed E-state index contributed by atoms with van der Waals surface area (Å²) in [5, 5.41) is 4.71. The highest BCUT2D eigenvalue weighted by atomic mass is 79.9. The molecule has 4 N–H and O–H groups in total. The van der Waals surface area contributed by atoms with Crippen molar-refractivity contribution in [1.82, 2.24) is 9.97 Å². The summed E-state index contributed by atoms with van der Waals surface area (Å²) < 4.78 is 2.08. The normalized spacial score (nSPS) is 12.1. The van der Waals surface area contributed by atoms with E-state index in [-0.39, 0.29) is 18.4 Å². The van der Waals surface area contributed by atoms with E-state index in [1.54, 1.807) is 24.3 Å². The Morgan fingerprint density at radius 2 is 1.02 bits per heavy atom. The molecule has 6 nitrogen and oxygen atoms in total. The van der Waals surface area contributed by atoms with Crippen molar-refractivity contribution >= 4 is 88.4 Å². The number of nitrogens with two attached hydrogens (primary N) is 2. The maximum Gasteiger partial charge on any atom is 0.234 e. The van der Waals surface area contributed by atoms with Gasteiger partial charge in [0.15, 0.2) is 0 Å². The maximum atomic E-state index is 11.8. The van der Waals surface area contributed by atoms with Crippen LogP contribution in [0.15, 0.2) is 161 Å². The molecule has 0 amide bonds. The van der Waals surface area contributed by atoms with Crippen LogP contribution in [0.1, 0.15) is 32.3 Å². The first-order chi connectivity index (χ1) is 25.3. The number of rotatable bonds is 3. The van der Waals surface area contributed by atoms with Gasteiger partial charge in [0.05, 0.1) is 22.9 Å². The van der Waals surface area contributed by atoms with Crippen LogP contribution in [0.3, 0.4) is 0 Å². The van der Waals surface area contributed by atoms with Gasteiger partial charge in [-0.25, -0.2) is 4.98 Å². The van der Waals surface area contributed by atoms with Crippen LogP contribution in [0, 0.1) is 0 Å². The van der Waals surface area contributed by atoms with Crippen molar-refractivity contribution in [2.45, 2.75) is 6.04 Å². The number of fused-ring (bicyclic) bond motifs is 9. The molecule has 0 fully saturated rings. The number of aromatic nitrogens is 2. The number of hydrogen-bond acceptors (Lipinski definition) is 6. The molecule has 1 aliphatic carbocycles. The SMILES string of the molecule is Brc1cccc(-c2cnc3c4ccccc4c4ccccc4c3n2)c1.Cl.NCC(N)c1cccc(Br)c1.O=C1C(=O)c2ccccc2-c2ccccc21. The third-order valence-corrected chi connectivity index (χ3v) is 9.90. The number of ketones is 2. The Morgan fingerprint density at radius 3 is 1.55 bits per heavy atom. The van der Waals surface area contributed by atoms with Crippen molar-refractivity contribution in [2.24, 2.45) is 11.5 Å². The zero-order valence-corrected chi connectivity index (χ0v) is 32.2. The van der Waals surface area contributed by atoms with Gasteiger partial charge < -0.3 is 11.5 Å². The fraction of sp³-hybridized carbons (Fsp3) is 0.0455. The standard InChI is InChI=1S/C22H13BrN2.C14H8O2.C8H11BrN2.ClH/c23-15-7-5-6-14(12-15)20-13-24-21-18-10-3-1-8-16(18)17-9-2-4-11-19(17)22(21)25-20;15-13-11-7-3-1-5-9(11)10-6-2-4-8-12(10)14(13)16;9-7-3-1-2-6(4-7)8(11)5-10;/h1-13H;1-8H;1-4,8H,5,10-11H2;1H. The summed E-state index contributed by atoms with van der Waals surface area (Å²) >= 11 is 6.90. The Hall–Kier alpha value is -5.09. The van der Waals surface area contributed by atoms with E-state index < -0.39 is 11.6 Å². The largest absolute Gasteiger partial charge is 0.329 e. The minimum atomic E-state index is -0.408. The molecule has 9 rings (SSSR count). The number of hydrogen-bond donors (Lipinski definition) is 2. The Bertz CT molecular complexity index is 2540. The molecule has 0 saturated carbocycles. The molecule has 53 heavy (non-hydrogen) atoms. The molecular formula is C44H33Br2ClN4O2. The second kappa shape index (κ2) is 16.7. The van der Waals surface area contributed by atoms with Crippen molar-refractivity contribution in [3.05, 3.63) is 177 Å². The first-order valence-electron chi connectivity index (χ1n) is 16.6. The Morgan fingerprint density at radius 1 is 0.547 bits per heavy atom. The lowest BCUT2D eigenvalue weighted by molar-refractivity contribution is 0.0815. The summed E-state index contributed by atoms with van der Waals surface area (Å²) in [6, 6.07) is 47.3. The quantitative estimate of drug-likeness (QED) is 0.135. The zero-order valence-electron chi connectivity index (χ0n) is 28.2. The van der Waals surface area contributed by atoms with E-state index in [4.69, 9.17) is 21.4 Å². The Labute approximate surface area is 330 Å². The second-order valence-corrected chi connectivity index (χ2v) is 14.0. The first kappa shape index (κ1) is 37.7. The predicted molar refractivity (Wildman–Crippen MR) is 226 cm³/mol. The number of carbonyl (C=O) groups excluding carboxylic acids is 2. The number of benzene rings is 7. The molecule has 0 saturated heterocycles. The van der Waals surface area contributed by atoms with Gasteiger partial charge in [0, 0.05) is 49.0 Å². The topological polar surface area (TPSA) is 112 Å². The molecule has 1 unspecified atom stereocenters. The van der Waals surface area contributed by atoms with Crippen molar-refractivity contribution in [3.63, 3.8) is 0 Å². The van der Waals surface area contributed by atoms with Gasteiger partial charge in [0.25, 0.3) is 0 Å². The smallest absolute Gasteiger partial charge is 0.234 e. The maximum absolute atomic E-state index is 11.8. The lowest BCUT2D eigenvalue weighted by Crippen LogP contribution is -2.20. The Balaban J connectivity index is 0.000000148. The molecule has 0 aliphatic heterocycles. The highest BCUT2D eigenvalue weighted by Crippen LogP contribution is 2.35. The summed E-state index contributed by atoms with van der Waals surface area (Å²) in [6.45, 7) is 0.483. The van der Waals surface area contributed by atoms with E-state index in [9.17, 15) is 9.59 Å². The van der Waals surface area contributed by atoms with Gasteiger partial charge in [0.1, 0.15) is 0 Å². The van der Waals surface area contributed by atoms with Gasteiger partial charge in [-0.05, 0) is 51.7 Å². The van der Waals surface area contributed by atoms with E-state index in [0.717, 1.165) is 58.7 Å². The number of Topliss-reactive ketones (excluding diaryl/α,β-unsaturated/α-hetero) is 2. The van der Waals surface area contributed by atoms with E-state index in [2.05, 4.69) is 92.5 Å². The van der Waals surface area contributed by atoms with Gasteiger partial charge >= 0.3 is 0 Å². The van der Waals surface area contributed by atoms with Crippen LogP contribution in [-0.4, -0.2) is 28.1 Å². The minimum absolute atomic E-state index is 0. The van der Waals surface area contributed by atoms with Crippen LogP contribution in [0.2, 0.25) is 0 Å². The van der Waals surface area contributed by atoms with Crippen LogP contribution in [0.5, 0.6) is 0 Å². The molecule has 7 aromatic carbocycles. The second-order valence-electron chi connectivity index (χ2n) is 12.2. The zero-order chi connectivity index (χ0) is 36.2. The van der Waals surface area contributed by atoms with Gasteiger partial charge in [-0.3, -0.25) is 14.6 Å². The Kier molecular flexibility index (Phi) is 11.9. The van der Waals surface area contributed by atoms with Crippen LogP contribution < -0.4 is 11.5 Å². The number of halogens is 3. The lowest BCUT2D eigenvalue weighted by atomic mass is 9.84. The highest BCUT2D eigenvalue weighted by molar-refractivity contribution is 9.10. The van der Waals surface area contributed by atoms with Gasteiger partial charge in [-0.1, -0.05) is 153 Å². The van der Waals surface area contributed by atoms with Crippen molar-refractivity contribution in [2.75, 3.05) is 6.54 Å². The van der Waals surface area contributed by atoms with E-state index in [0.29, 0.717) is 17.7 Å². The minimum Gasteiger partial charge on any atom is -0.329 e. The van der Waals surface area contributed by atoms with Gasteiger partial charge in [-0.15, -0.1) is 12.4 Å².